The molecular formula is C22H23N. The van der Waals surface area contributed by atoms with Crippen molar-refractivity contribution in [3.8, 4) is 0 Å². The van der Waals surface area contributed by atoms with E-state index in [1.54, 1.807) is 0 Å². The summed E-state index contributed by atoms with van der Waals surface area (Å²) in [5.74, 6) is 0.448. The van der Waals surface area contributed by atoms with Crippen molar-refractivity contribution in [1.82, 2.24) is 4.98 Å². The Bertz CT molecular complexity index is 853. The largest absolute Gasteiger partial charge is 0.252 e. The third-order valence-corrected chi connectivity index (χ3v) is 5.05. The molecule has 1 unspecified atom stereocenters. The van der Waals surface area contributed by atoms with Gasteiger partial charge in [-0.2, -0.15) is 0 Å². The van der Waals surface area contributed by atoms with Crippen molar-refractivity contribution in [2.45, 2.75) is 44.9 Å². The van der Waals surface area contributed by atoms with Gasteiger partial charge in [-0.25, -0.2) is 0 Å². The van der Waals surface area contributed by atoms with Crippen LogP contribution in [-0.2, 0) is 11.8 Å². The number of hydrogen-bond acceptors (Lipinski definition) is 1. The minimum Gasteiger partial charge on any atom is -0.252 e. The van der Waals surface area contributed by atoms with Crippen LogP contribution in [0.15, 0.2) is 54.6 Å². The van der Waals surface area contributed by atoms with E-state index in [4.69, 9.17) is 4.98 Å². The lowest BCUT2D eigenvalue weighted by atomic mass is 9.85. The molecule has 3 aromatic rings. The molecule has 0 amide bonds. The summed E-state index contributed by atoms with van der Waals surface area (Å²) >= 11 is 0. The molecule has 4 rings (SSSR count). The standard InChI is InChI=1S/C22H23N/c1-22(2,3)18-11-8-15(9-12-18)19-13-10-17-14-16-6-4-5-7-20(16)23-21(17)19/h4-9,11-12,14,19H,10,13H2,1-3H3. The molecular weight excluding hydrogens is 278 g/mol. The quantitative estimate of drug-likeness (QED) is 0.569. The first kappa shape index (κ1) is 14.4. The predicted octanol–water partition coefficient (Wildman–Crippen LogP) is 5.61. The summed E-state index contributed by atoms with van der Waals surface area (Å²) in [5.41, 5.74) is 6.83. The van der Waals surface area contributed by atoms with E-state index >= 15 is 0 Å². The average molecular weight is 301 g/mol. The van der Waals surface area contributed by atoms with Gasteiger partial charge in [-0.15, -0.1) is 0 Å². The van der Waals surface area contributed by atoms with Crippen molar-refractivity contribution in [3.05, 3.63) is 77.0 Å². The van der Waals surface area contributed by atoms with Crippen LogP contribution in [0.2, 0.25) is 0 Å². The van der Waals surface area contributed by atoms with E-state index in [0.717, 1.165) is 11.9 Å². The fourth-order valence-electron chi connectivity index (χ4n) is 3.65. The van der Waals surface area contributed by atoms with Crippen molar-refractivity contribution in [3.63, 3.8) is 0 Å². The Labute approximate surface area is 138 Å². The molecule has 0 radical (unpaired) electrons. The fourth-order valence-corrected chi connectivity index (χ4v) is 3.65. The number of rotatable bonds is 1. The summed E-state index contributed by atoms with van der Waals surface area (Å²) in [5, 5.41) is 1.26. The number of hydrogen-bond donors (Lipinski definition) is 0. The smallest absolute Gasteiger partial charge is 0.0705 e. The second kappa shape index (κ2) is 5.19. The molecule has 2 aromatic carbocycles. The van der Waals surface area contributed by atoms with Crippen LogP contribution in [0, 0.1) is 0 Å². The van der Waals surface area contributed by atoms with E-state index in [1.807, 2.05) is 0 Å². The van der Waals surface area contributed by atoms with Crippen LogP contribution < -0.4 is 0 Å². The van der Waals surface area contributed by atoms with Crippen molar-refractivity contribution < 1.29 is 0 Å². The third-order valence-electron chi connectivity index (χ3n) is 5.05. The van der Waals surface area contributed by atoms with Gasteiger partial charge in [0.15, 0.2) is 0 Å². The number of fused-ring (bicyclic) bond motifs is 2. The molecule has 0 aliphatic heterocycles. The highest BCUT2D eigenvalue weighted by atomic mass is 14.7. The van der Waals surface area contributed by atoms with Crippen LogP contribution in [0.25, 0.3) is 10.9 Å². The van der Waals surface area contributed by atoms with E-state index in [0.29, 0.717) is 5.92 Å². The highest BCUT2D eigenvalue weighted by Crippen LogP contribution is 2.38. The molecule has 1 aliphatic rings. The zero-order chi connectivity index (χ0) is 16.0. The Balaban J connectivity index is 1.74. The predicted molar refractivity (Wildman–Crippen MR) is 97.0 cm³/mol. The minimum atomic E-state index is 0.209. The van der Waals surface area contributed by atoms with E-state index in [2.05, 4.69) is 75.4 Å². The summed E-state index contributed by atoms with van der Waals surface area (Å²) < 4.78 is 0. The van der Waals surface area contributed by atoms with Gasteiger partial charge in [-0.3, -0.25) is 4.98 Å². The number of aryl methyl sites for hydroxylation is 1. The van der Waals surface area contributed by atoms with Gasteiger partial charge in [0.05, 0.1) is 11.2 Å². The van der Waals surface area contributed by atoms with E-state index in [-0.39, 0.29) is 5.41 Å². The molecule has 1 aliphatic carbocycles. The Morgan fingerprint density at radius 3 is 2.43 bits per heavy atom. The van der Waals surface area contributed by atoms with Gasteiger partial charge in [-0.05, 0) is 47.1 Å². The molecule has 0 saturated heterocycles. The maximum Gasteiger partial charge on any atom is 0.0705 e. The highest BCUT2D eigenvalue weighted by Gasteiger charge is 2.26. The SMILES string of the molecule is CC(C)(C)c1ccc(C2CCc3cc4ccccc4nc32)cc1. The van der Waals surface area contributed by atoms with Crippen molar-refractivity contribution >= 4 is 10.9 Å². The van der Waals surface area contributed by atoms with Gasteiger partial charge >= 0.3 is 0 Å². The van der Waals surface area contributed by atoms with Crippen LogP contribution in [0.3, 0.4) is 0 Å². The fraction of sp³-hybridized carbons (Fsp3) is 0.318. The summed E-state index contributed by atoms with van der Waals surface area (Å²) in [7, 11) is 0. The van der Waals surface area contributed by atoms with Crippen LogP contribution in [-0.4, -0.2) is 4.98 Å². The summed E-state index contributed by atoms with van der Waals surface area (Å²) in [4.78, 5) is 4.98. The first-order chi connectivity index (χ1) is 11.0. The lowest BCUT2D eigenvalue weighted by Crippen LogP contribution is -2.11. The molecule has 0 N–H and O–H groups in total. The number of benzene rings is 2. The highest BCUT2D eigenvalue weighted by molar-refractivity contribution is 5.80. The monoisotopic (exact) mass is 301 g/mol. The average Bonchev–Trinajstić information content (AvgIpc) is 2.94. The molecule has 0 bridgehead atoms. The lowest BCUT2D eigenvalue weighted by molar-refractivity contribution is 0.589. The second-order valence-electron chi connectivity index (χ2n) is 7.69. The lowest BCUT2D eigenvalue weighted by Gasteiger charge is -2.20. The van der Waals surface area contributed by atoms with Crippen molar-refractivity contribution in [2.24, 2.45) is 0 Å². The van der Waals surface area contributed by atoms with Crippen LogP contribution in [0.4, 0.5) is 0 Å². The molecule has 1 aromatic heterocycles. The molecule has 0 saturated carbocycles. The topological polar surface area (TPSA) is 12.9 Å². The van der Waals surface area contributed by atoms with Crippen LogP contribution in [0.1, 0.15) is 55.5 Å². The molecule has 116 valence electrons. The zero-order valence-corrected chi connectivity index (χ0v) is 14.1. The zero-order valence-electron chi connectivity index (χ0n) is 14.1. The minimum absolute atomic E-state index is 0.209. The number of nitrogens with zero attached hydrogens (tertiary/aromatic N) is 1. The second-order valence-corrected chi connectivity index (χ2v) is 7.69. The summed E-state index contributed by atoms with van der Waals surface area (Å²) in [6.07, 6.45) is 2.31. The number of aromatic nitrogens is 1. The van der Waals surface area contributed by atoms with Gasteiger partial charge in [0.25, 0.3) is 0 Å². The van der Waals surface area contributed by atoms with Crippen LogP contribution >= 0.6 is 0 Å². The summed E-state index contributed by atoms with van der Waals surface area (Å²) in [6.45, 7) is 6.79. The third kappa shape index (κ3) is 2.55. The van der Waals surface area contributed by atoms with Gasteiger partial charge in [-0.1, -0.05) is 63.2 Å². The van der Waals surface area contributed by atoms with Gasteiger partial charge in [0.1, 0.15) is 0 Å². The van der Waals surface area contributed by atoms with Gasteiger partial charge in [0.2, 0.25) is 0 Å². The Hall–Kier alpha value is -2.15. The molecule has 1 atom stereocenters. The first-order valence-corrected chi connectivity index (χ1v) is 8.51. The Morgan fingerprint density at radius 2 is 1.70 bits per heavy atom. The molecule has 1 nitrogen and oxygen atoms in total. The molecule has 23 heavy (non-hydrogen) atoms. The summed E-state index contributed by atoms with van der Waals surface area (Å²) in [6, 6.07) is 20.0. The van der Waals surface area contributed by atoms with E-state index < -0.39 is 0 Å². The van der Waals surface area contributed by atoms with Crippen molar-refractivity contribution in [2.75, 3.05) is 0 Å². The van der Waals surface area contributed by atoms with Gasteiger partial charge in [0, 0.05) is 11.3 Å². The Morgan fingerprint density at radius 1 is 0.957 bits per heavy atom. The molecule has 0 spiro atoms. The van der Waals surface area contributed by atoms with Gasteiger partial charge < -0.3 is 0 Å². The molecule has 0 fully saturated rings. The number of pyridine rings is 1. The molecule has 1 heterocycles. The maximum atomic E-state index is 4.98. The Kier molecular flexibility index (Phi) is 3.26. The first-order valence-electron chi connectivity index (χ1n) is 8.51. The molecule has 1 heteroatoms. The normalized spacial score (nSPS) is 17.4. The van der Waals surface area contributed by atoms with Crippen molar-refractivity contribution in [1.29, 1.82) is 0 Å². The van der Waals surface area contributed by atoms with Crippen LogP contribution in [0.5, 0.6) is 0 Å². The van der Waals surface area contributed by atoms with E-state index in [9.17, 15) is 0 Å². The maximum absolute atomic E-state index is 4.98. The number of para-hydroxylation sites is 1. The van der Waals surface area contributed by atoms with E-state index in [1.165, 1.54) is 34.2 Å².